The highest BCUT2D eigenvalue weighted by molar-refractivity contribution is 5.68. The highest BCUT2D eigenvalue weighted by atomic mass is 16.6. The number of ether oxygens (including phenoxy) is 2. The molecular weight excluding hydrogens is 356 g/mol. The van der Waals surface area contributed by atoms with Crippen LogP contribution in [0.1, 0.15) is 17.5 Å². The SMILES string of the molecule is [N-]=[N+]=N[C@@H](Cc1ccccc1)[C@H](Cc1ccccc1)NC(=O)O[C@H]1CCOC1. The van der Waals surface area contributed by atoms with Crippen molar-refractivity contribution < 1.29 is 14.3 Å². The highest BCUT2D eigenvalue weighted by Gasteiger charge is 2.26. The second-order valence-corrected chi connectivity index (χ2v) is 6.79. The number of carbonyl (C=O) groups is 1. The Morgan fingerprint density at radius 2 is 1.79 bits per heavy atom. The molecule has 1 amide bonds. The number of alkyl carbamates (subject to hydrolysis) is 1. The molecule has 0 aromatic heterocycles. The Kier molecular flexibility index (Phi) is 7.29. The zero-order chi connectivity index (χ0) is 19.6. The minimum atomic E-state index is -0.511. The van der Waals surface area contributed by atoms with Crippen LogP contribution < -0.4 is 5.32 Å². The van der Waals surface area contributed by atoms with E-state index in [1.165, 1.54) is 0 Å². The first-order valence-corrected chi connectivity index (χ1v) is 9.41. The van der Waals surface area contributed by atoms with Gasteiger partial charge in [0.15, 0.2) is 0 Å². The molecule has 7 heteroatoms. The van der Waals surface area contributed by atoms with Gasteiger partial charge in [0.1, 0.15) is 6.10 Å². The number of azide groups is 1. The summed E-state index contributed by atoms with van der Waals surface area (Å²) < 4.78 is 10.7. The molecule has 0 bridgehead atoms. The summed E-state index contributed by atoms with van der Waals surface area (Å²) in [7, 11) is 0. The molecule has 0 aliphatic carbocycles. The third-order valence-corrected chi connectivity index (χ3v) is 4.72. The van der Waals surface area contributed by atoms with E-state index in [0.717, 1.165) is 11.1 Å². The van der Waals surface area contributed by atoms with Crippen molar-refractivity contribution in [2.45, 2.75) is 37.5 Å². The van der Waals surface area contributed by atoms with E-state index in [1.807, 2.05) is 60.7 Å². The fourth-order valence-corrected chi connectivity index (χ4v) is 3.28. The molecule has 1 N–H and O–H groups in total. The predicted molar refractivity (Wildman–Crippen MR) is 106 cm³/mol. The summed E-state index contributed by atoms with van der Waals surface area (Å²) >= 11 is 0. The number of benzene rings is 2. The maximum absolute atomic E-state index is 12.4. The first-order valence-electron chi connectivity index (χ1n) is 9.41. The fourth-order valence-electron chi connectivity index (χ4n) is 3.28. The van der Waals surface area contributed by atoms with Gasteiger partial charge in [-0.2, -0.15) is 0 Å². The number of nitrogens with zero attached hydrogens (tertiary/aromatic N) is 3. The Bertz CT molecular complexity index is 788. The molecule has 1 saturated heterocycles. The van der Waals surface area contributed by atoms with Gasteiger partial charge in [-0.3, -0.25) is 0 Å². The van der Waals surface area contributed by atoms with Crippen molar-refractivity contribution in [3.63, 3.8) is 0 Å². The van der Waals surface area contributed by atoms with E-state index in [9.17, 15) is 4.79 Å². The Hall–Kier alpha value is -3.02. The largest absolute Gasteiger partial charge is 0.444 e. The maximum Gasteiger partial charge on any atom is 0.407 e. The number of amides is 1. The van der Waals surface area contributed by atoms with Gasteiger partial charge in [0.05, 0.1) is 19.3 Å². The maximum atomic E-state index is 12.4. The summed E-state index contributed by atoms with van der Waals surface area (Å²) in [5, 5.41) is 6.90. The van der Waals surface area contributed by atoms with Crippen LogP contribution in [0.25, 0.3) is 10.4 Å². The van der Waals surface area contributed by atoms with Gasteiger partial charge in [-0.05, 0) is 29.5 Å². The Balaban J connectivity index is 1.75. The van der Waals surface area contributed by atoms with E-state index >= 15 is 0 Å². The number of hydrogen-bond acceptors (Lipinski definition) is 4. The van der Waals surface area contributed by atoms with Crippen molar-refractivity contribution >= 4 is 6.09 Å². The topological polar surface area (TPSA) is 96.3 Å². The lowest BCUT2D eigenvalue weighted by Crippen LogP contribution is -2.46. The lowest BCUT2D eigenvalue weighted by molar-refractivity contribution is 0.0799. The van der Waals surface area contributed by atoms with E-state index in [4.69, 9.17) is 15.0 Å². The quantitative estimate of drug-likeness (QED) is 0.425. The summed E-state index contributed by atoms with van der Waals surface area (Å²) in [6.45, 7) is 1.02. The van der Waals surface area contributed by atoms with Crippen molar-refractivity contribution in [3.05, 3.63) is 82.2 Å². The summed E-state index contributed by atoms with van der Waals surface area (Å²) in [6.07, 6.45) is 1.01. The second kappa shape index (κ2) is 10.3. The van der Waals surface area contributed by atoms with Gasteiger partial charge in [0.2, 0.25) is 0 Å². The first-order chi connectivity index (χ1) is 13.7. The molecule has 1 fully saturated rings. The second-order valence-electron chi connectivity index (χ2n) is 6.79. The molecule has 0 spiro atoms. The van der Waals surface area contributed by atoms with Crippen LogP contribution in [-0.4, -0.2) is 37.5 Å². The van der Waals surface area contributed by atoms with Crippen LogP contribution in [0.5, 0.6) is 0 Å². The molecule has 1 aliphatic heterocycles. The van der Waals surface area contributed by atoms with E-state index in [0.29, 0.717) is 32.5 Å². The Labute approximate surface area is 164 Å². The van der Waals surface area contributed by atoms with Crippen molar-refractivity contribution in [2.75, 3.05) is 13.2 Å². The van der Waals surface area contributed by atoms with Gasteiger partial charge < -0.3 is 14.8 Å². The van der Waals surface area contributed by atoms with Crippen molar-refractivity contribution in [2.24, 2.45) is 5.11 Å². The van der Waals surface area contributed by atoms with E-state index in [1.54, 1.807) is 0 Å². The summed E-state index contributed by atoms with van der Waals surface area (Å²) in [5.74, 6) is 0. The van der Waals surface area contributed by atoms with Crippen molar-refractivity contribution in [1.82, 2.24) is 5.32 Å². The van der Waals surface area contributed by atoms with Crippen LogP contribution in [0.15, 0.2) is 65.8 Å². The third kappa shape index (κ3) is 6.01. The monoisotopic (exact) mass is 380 g/mol. The zero-order valence-corrected chi connectivity index (χ0v) is 15.6. The molecule has 2 aromatic rings. The lowest BCUT2D eigenvalue weighted by Gasteiger charge is -2.25. The van der Waals surface area contributed by atoms with Gasteiger partial charge in [-0.1, -0.05) is 65.8 Å². The van der Waals surface area contributed by atoms with Crippen LogP contribution in [0.4, 0.5) is 4.79 Å². The minimum absolute atomic E-state index is 0.232. The highest BCUT2D eigenvalue weighted by Crippen LogP contribution is 2.16. The standard InChI is InChI=1S/C21H24N4O3/c22-25-24-20(14-17-9-5-2-6-10-17)19(13-16-7-3-1-4-8-16)23-21(26)28-18-11-12-27-15-18/h1-10,18-20H,11-15H2,(H,23,26)/t18-,19-,20-/m0/s1. The van der Waals surface area contributed by atoms with Gasteiger partial charge in [-0.25, -0.2) is 4.79 Å². The molecule has 1 heterocycles. The number of carbonyl (C=O) groups excluding carboxylic acids is 1. The summed E-state index contributed by atoms with van der Waals surface area (Å²) in [6, 6.07) is 18.7. The van der Waals surface area contributed by atoms with E-state index < -0.39 is 18.2 Å². The Morgan fingerprint density at radius 1 is 1.14 bits per heavy atom. The molecule has 1 aliphatic rings. The van der Waals surface area contributed by atoms with Crippen LogP contribution in [0, 0.1) is 0 Å². The molecule has 0 radical (unpaired) electrons. The molecule has 2 aromatic carbocycles. The van der Waals surface area contributed by atoms with Gasteiger partial charge in [0, 0.05) is 17.4 Å². The molecule has 3 atom stereocenters. The normalized spacial score (nSPS) is 17.9. The molecular formula is C21H24N4O3. The lowest BCUT2D eigenvalue weighted by atomic mass is 9.95. The van der Waals surface area contributed by atoms with Crippen molar-refractivity contribution in [1.29, 1.82) is 0 Å². The van der Waals surface area contributed by atoms with Gasteiger partial charge in [-0.15, -0.1) is 0 Å². The van der Waals surface area contributed by atoms with E-state index in [-0.39, 0.29) is 6.10 Å². The number of rotatable bonds is 8. The van der Waals surface area contributed by atoms with Gasteiger partial charge in [0.25, 0.3) is 0 Å². The first kappa shape index (κ1) is 19.7. The van der Waals surface area contributed by atoms with Crippen LogP contribution >= 0.6 is 0 Å². The molecule has 7 nitrogen and oxygen atoms in total. The van der Waals surface area contributed by atoms with E-state index in [2.05, 4.69) is 15.3 Å². The minimum Gasteiger partial charge on any atom is -0.444 e. The number of nitrogens with one attached hydrogen (secondary N) is 1. The molecule has 0 unspecified atom stereocenters. The van der Waals surface area contributed by atoms with Crippen LogP contribution in [0.2, 0.25) is 0 Å². The average Bonchev–Trinajstić information content (AvgIpc) is 3.22. The van der Waals surface area contributed by atoms with Crippen molar-refractivity contribution in [3.8, 4) is 0 Å². The predicted octanol–water partition coefficient (Wildman–Crippen LogP) is 4.03. The third-order valence-electron chi connectivity index (χ3n) is 4.72. The summed E-state index contributed by atoms with van der Waals surface area (Å²) in [4.78, 5) is 15.5. The summed E-state index contributed by atoms with van der Waals surface area (Å²) in [5.41, 5.74) is 11.2. The van der Waals surface area contributed by atoms with Crippen LogP contribution in [-0.2, 0) is 22.3 Å². The molecule has 28 heavy (non-hydrogen) atoms. The Morgan fingerprint density at radius 3 is 2.36 bits per heavy atom. The van der Waals surface area contributed by atoms with Crippen LogP contribution in [0.3, 0.4) is 0 Å². The van der Waals surface area contributed by atoms with Gasteiger partial charge >= 0.3 is 6.09 Å². The zero-order valence-electron chi connectivity index (χ0n) is 15.6. The molecule has 3 rings (SSSR count). The fraction of sp³-hybridized carbons (Fsp3) is 0.381. The smallest absolute Gasteiger partial charge is 0.407 e. The molecule has 0 saturated carbocycles. The average molecular weight is 380 g/mol. The molecule has 146 valence electrons. The number of hydrogen-bond donors (Lipinski definition) is 1.